The smallest absolute Gasteiger partial charge is 0.225 e. The van der Waals surface area contributed by atoms with E-state index >= 15 is 0 Å². The molecule has 1 saturated carbocycles. The van der Waals surface area contributed by atoms with E-state index in [2.05, 4.69) is 11.8 Å². The Balaban J connectivity index is 0.000000917. The lowest BCUT2D eigenvalue weighted by Crippen LogP contribution is -2.41. The number of hydrogen-bond donors (Lipinski definition) is 0. The molecule has 0 aromatic heterocycles. The van der Waals surface area contributed by atoms with Crippen LogP contribution >= 0.6 is 0 Å². The molecule has 0 radical (unpaired) electrons. The summed E-state index contributed by atoms with van der Waals surface area (Å²) in [5, 5.41) is 0. The molecule has 1 heterocycles. The standard InChI is InChI=1S/C13H23NO.C2H6.CH4/c1-11-7-9-14(10-8-11)13(15)12-5-3-2-4-6-12;1-2;/h11-12H,2-10H2,1H3;1-2H3;1H4. The molecule has 0 atom stereocenters. The predicted octanol–water partition coefficient (Wildman–Crippen LogP) is 4.49. The first-order valence-corrected chi connectivity index (χ1v) is 7.56. The normalized spacial score (nSPS) is 21.6. The van der Waals surface area contributed by atoms with E-state index in [-0.39, 0.29) is 7.43 Å². The summed E-state index contributed by atoms with van der Waals surface area (Å²) < 4.78 is 0. The minimum atomic E-state index is 0. The fourth-order valence-electron chi connectivity index (χ4n) is 2.84. The van der Waals surface area contributed by atoms with Gasteiger partial charge in [-0.15, -0.1) is 0 Å². The third kappa shape index (κ3) is 4.99. The number of rotatable bonds is 1. The molecule has 108 valence electrons. The minimum absolute atomic E-state index is 0. The van der Waals surface area contributed by atoms with E-state index in [1.807, 2.05) is 13.8 Å². The molecule has 1 aliphatic carbocycles. The van der Waals surface area contributed by atoms with Crippen molar-refractivity contribution < 1.29 is 4.79 Å². The molecule has 2 nitrogen and oxygen atoms in total. The SMILES string of the molecule is C.CC.CC1CCN(C(=O)C2CCCCC2)CC1. The van der Waals surface area contributed by atoms with Gasteiger partial charge in [0.05, 0.1) is 0 Å². The van der Waals surface area contributed by atoms with Gasteiger partial charge in [0.15, 0.2) is 0 Å². The lowest BCUT2D eigenvalue weighted by molar-refractivity contribution is -0.137. The van der Waals surface area contributed by atoms with Crippen molar-refractivity contribution in [1.82, 2.24) is 4.90 Å². The van der Waals surface area contributed by atoms with Crippen LogP contribution in [0.3, 0.4) is 0 Å². The molecule has 0 unspecified atom stereocenters. The molecule has 0 spiro atoms. The number of nitrogens with zero attached hydrogens (tertiary/aromatic N) is 1. The number of likely N-dealkylation sites (tertiary alicyclic amines) is 1. The maximum Gasteiger partial charge on any atom is 0.225 e. The maximum atomic E-state index is 12.2. The largest absolute Gasteiger partial charge is 0.342 e. The first-order valence-electron chi connectivity index (χ1n) is 7.56. The van der Waals surface area contributed by atoms with Gasteiger partial charge in [-0.3, -0.25) is 4.79 Å². The van der Waals surface area contributed by atoms with Gasteiger partial charge in [-0.1, -0.05) is 47.5 Å². The summed E-state index contributed by atoms with van der Waals surface area (Å²) in [6.45, 7) is 8.31. The van der Waals surface area contributed by atoms with Gasteiger partial charge < -0.3 is 4.90 Å². The fourth-order valence-corrected chi connectivity index (χ4v) is 2.84. The zero-order chi connectivity index (χ0) is 12.7. The number of carbonyl (C=O) groups is 1. The molecule has 1 saturated heterocycles. The molecule has 1 amide bonds. The van der Waals surface area contributed by atoms with Crippen LogP contribution in [-0.4, -0.2) is 23.9 Å². The van der Waals surface area contributed by atoms with E-state index in [1.165, 1.54) is 32.1 Å². The van der Waals surface area contributed by atoms with Crippen molar-refractivity contribution in [2.45, 2.75) is 73.1 Å². The third-order valence-corrected chi connectivity index (χ3v) is 4.05. The molecule has 2 aliphatic rings. The average Bonchev–Trinajstić information content (AvgIpc) is 2.42. The van der Waals surface area contributed by atoms with Crippen molar-refractivity contribution in [1.29, 1.82) is 0 Å². The van der Waals surface area contributed by atoms with E-state index in [4.69, 9.17) is 0 Å². The van der Waals surface area contributed by atoms with Crippen LogP contribution in [0, 0.1) is 11.8 Å². The second kappa shape index (κ2) is 9.41. The molecule has 0 bridgehead atoms. The first kappa shape index (κ1) is 17.5. The second-order valence-electron chi connectivity index (χ2n) is 5.34. The molecule has 2 heteroatoms. The second-order valence-corrected chi connectivity index (χ2v) is 5.34. The summed E-state index contributed by atoms with van der Waals surface area (Å²) in [5.41, 5.74) is 0. The minimum Gasteiger partial charge on any atom is -0.342 e. The van der Waals surface area contributed by atoms with Crippen LogP contribution in [0.1, 0.15) is 73.1 Å². The van der Waals surface area contributed by atoms with Gasteiger partial charge in [0, 0.05) is 19.0 Å². The zero-order valence-electron chi connectivity index (χ0n) is 11.9. The zero-order valence-corrected chi connectivity index (χ0v) is 11.9. The Morgan fingerprint density at radius 1 is 0.944 bits per heavy atom. The van der Waals surface area contributed by atoms with Gasteiger partial charge in [0.2, 0.25) is 5.91 Å². The fraction of sp³-hybridized carbons (Fsp3) is 0.938. The lowest BCUT2D eigenvalue weighted by atomic mass is 9.87. The van der Waals surface area contributed by atoms with Gasteiger partial charge in [-0.05, 0) is 31.6 Å². The van der Waals surface area contributed by atoms with Crippen LogP contribution in [0.4, 0.5) is 0 Å². The number of hydrogen-bond acceptors (Lipinski definition) is 1. The highest BCUT2D eigenvalue weighted by molar-refractivity contribution is 5.79. The van der Waals surface area contributed by atoms with Crippen LogP contribution in [-0.2, 0) is 4.79 Å². The van der Waals surface area contributed by atoms with Crippen molar-refractivity contribution in [3.8, 4) is 0 Å². The molecular formula is C16H33NO. The van der Waals surface area contributed by atoms with E-state index in [9.17, 15) is 4.79 Å². The molecule has 18 heavy (non-hydrogen) atoms. The van der Waals surface area contributed by atoms with Crippen molar-refractivity contribution in [2.75, 3.05) is 13.1 Å². The van der Waals surface area contributed by atoms with E-state index in [1.54, 1.807) is 0 Å². The Hall–Kier alpha value is -0.530. The predicted molar refractivity (Wildman–Crippen MR) is 79.6 cm³/mol. The first-order chi connectivity index (χ1) is 8.27. The number of amides is 1. The Morgan fingerprint density at radius 2 is 1.44 bits per heavy atom. The van der Waals surface area contributed by atoms with Crippen molar-refractivity contribution in [3.05, 3.63) is 0 Å². The molecule has 2 rings (SSSR count). The monoisotopic (exact) mass is 255 g/mol. The van der Waals surface area contributed by atoms with Crippen LogP contribution < -0.4 is 0 Å². The summed E-state index contributed by atoms with van der Waals surface area (Å²) in [4.78, 5) is 14.3. The third-order valence-electron chi connectivity index (χ3n) is 4.05. The molecule has 0 aromatic rings. The summed E-state index contributed by atoms with van der Waals surface area (Å²) in [7, 11) is 0. The van der Waals surface area contributed by atoms with Gasteiger partial charge in [0.25, 0.3) is 0 Å². The topological polar surface area (TPSA) is 20.3 Å². The summed E-state index contributed by atoms with van der Waals surface area (Å²) >= 11 is 0. The molecule has 1 aliphatic heterocycles. The highest BCUT2D eigenvalue weighted by Crippen LogP contribution is 2.27. The van der Waals surface area contributed by atoms with Gasteiger partial charge in [-0.2, -0.15) is 0 Å². The van der Waals surface area contributed by atoms with Crippen LogP contribution in [0.2, 0.25) is 0 Å². The van der Waals surface area contributed by atoms with Crippen LogP contribution in [0.15, 0.2) is 0 Å². The van der Waals surface area contributed by atoms with E-state index in [0.717, 1.165) is 31.8 Å². The van der Waals surface area contributed by atoms with Crippen molar-refractivity contribution in [3.63, 3.8) is 0 Å². The number of piperidine rings is 1. The Kier molecular flexibility index (Phi) is 9.13. The average molecular weight is 255 g/mol. The number of carbonyl (C=O) groups excluding carboxylic acids is 1. The molecule has 2 fully saturated rings. The Bertz CT molecular complexity index is 213. The summed E-state index contributed by atoms with van der Waals surface area (Å²) in [6.07, 6.45) is 8.56. The van der Waals surface area contributed by atoms with Gasteiger partial charge in [0.1, 0.15) is 0 Å². The van der Waals surface area contributed by atoms with E-state index < -0.39 is 0 Å². The molecule has 0 N–H and O–H groups in total. The summed E-state index contributed by atoms with van der Waals surface area (Å²) in [6, 6.07) is 0. The maximum absolute atomic E-state index is 12.2. The van der Waals surface area contributed by atoms with Crippen molar-refractivity contribution >= 4 is 5.91 Å². The van der Waals surface area contributed by atoms with E-state index in [0.29, 0.717) is 11.8 Å². The highest BCUT2D eigenvalue weighted by Gasteiger charge is 2.27. The van der Waals surface area contributed by atoms with Crippen LogP contribution in [0.25, 0.3) is 0 Å². The highest BCUT2D eigenvalue weighted by atomic mass is 16.2. The van der Waals surface area contributed by atoms with Crippen molar-refractivity contribution in [2.24, 2.45) is 11.8 Å². The Labute approximate surface area is 114 Å². The van der Waals surface area contributed by atoms with Crippen LogP contribution in [0.5, 0.6) is 0 Å². The Morgan fingerprint density at radius 3 is 1.94 bits per heavy atom. The lowest BCUT2D eigenvalue weighted by Gasteiger charge is -2.34. The van der Waals surface area contributed by atoms with Gasteiger partial charge in [-0.25, -0.2) is 0 Å². The quantitative estimate of drug-likeness (QED) is 0.676. The van der Waals surface area contributed by atoms with Gasteiger partial charge >= 0.3 is 0 Å². The molecular weight excluding hydrogens is 222 g/mol. The molecule has 0 aromatic carbocycles. The summed E-state index contributed by atoms with van der Waals surface area (Å²) in [5.74, 6) is 1.65.